The Bertz CT molecular complexity index is 599. The number of Topliss-reactive ketones (excluding diaryl/α,β-unsaturated/α-hetero) is 1. The molecule has 104 valence electrons. The Balaban J connectivity index is 1.65. The van der Waals surface area contributed by atoms with Crippen molar-refractivity contribution in [2.45, 2.75) is 25.7 Å². The molecule has 1 fully saturated rings. The Hall–Kier alpha value is -1.67. The Morgan fingerprint density at radius 2 is 1.80 bits per heavy atom. The molecule has 0 bridgehead atoms. The highest BCUT2D eigenvalue weighted by molar-refractivity contribution is 5.99. The zero-order valence-corrected chi connectivity index (χ0v) is 11.8. The van der Waals surface area contributed by atoms with E-state index in [4.69, 9.17) is 0 Å². The van der Waals surface area contributed by atoms with Gasteiger partial charge < -0.3 is 5.32 Å². The lowest BCUT2D eigenvalue weighted by molar-refractivity contribution is 0.0971. The second kappa shape index (κ2) is 6.19. The molecule has 1 aliphatic heterocycles. The Morgan fingerprint density at radius 3 is 2.60 bits per heavy atom. The highest BCUT2D eigenvalue weighted by atomic mass is 16.1. The van der Waals surface area contributed by atoms with Crippen molar-refractivity contribution < 1.29 is 4.79 Å². The van der Waals surface area contributed by atoms with Crippen LogP contribution < -0.4 is 5.32 Å². The number of fused-ring (bicyclic) bond motifs is 1. The molecule has 0 unspecified atom stereocenters. The minimum Gasteiger partial charge on any atom is -0.317 e. The van der Waals surface area contributed by atoms with Crippen molar-refractivity contribution in [3.8, 4) is 0 Å². The summed E-state index contributed by atoms with van der Waals surface area (Å²) in [6.45, 7) is 2.21. The SMILES string of the molecule is O=C(CCC1CCNCC1)c1ccc2ccccc2c1. The van der Waals surface area contributed by atoms with Gasteiger partial charge in [0.1, 0.15) is 0 Å². The molecule has 2 nitrogen and oxygen atoms in total. The summed E-state index contributed by atoms with van der Waals surface area (Å²) < 4.78 is 0. The van der Waals surface area contributed by atoms with E-state index in [1.165, 1.54) is 18.2 Å². The molecule has 1 N–H and O–H groups in total. The number of carbonyl (C=O) groups excluding carboxylic acids is 1. The van der Waals surface area contributed by atoms with Crippen molar-refractivity contribution in [3.05, 3.63) is 48.0 Å². The Labute approximate surface area is 120 Å². The average molecular weight is 267 g/mol. The third-order valence-corrected chi connectivity index (χ3v) is 4.31. The predicted molar refractivity (Wildman–Crippen MR) is 83.1 cm³/mol. The van der Waals surface area contributed by atoms with Gasteiger partial charge in [-0.15, -0.1) is 0 Å². The maximum Gasteiger partial charge on any atom is 0.162 e. The fourth-order valence-electron chi connectivity index (χ4n) is 3.01. The molecule has 0 spiro atoms. The van der Waals surface area contributed by atoms with Gasteiger partial charge >= 0.3 is 0 Å². The summed E-state index contributed by atoms with van der Waals surface area (Å²) in [6.07, 6.45) is 4.15. The normalized spacial score (nSPS) is 16.4. The van der Waals surface area contributed by atoms with Crippen molar-refractivity contribution in [1.82, 2.24) is 5.32 Å². The number of benzene rings is 2. The summed E-state index contributed by atoms with van der Waals surface area (Å²) in [5, 5.41) is 5.72. The molecule has 2 aromatic rings. The van der Waals surface area contributed by atoms with E-state index < -0.39 is 0 Å². The van der Waals surface area contributed by atoms with E-state index >= 15 is 0 Å². The van der Waals surface area contributed by atoms with Crippen LogP contribution in [0.15, 0.2) is 42.5 Å². The largest absolute Gasteiger partial charge is 0.317 e. The molecule has 1 heterocycles. The van der Waals surface area contributed by atoms with Gasteiger partial charge in [0.25, 0.3) is 0 Å². The number of carbonyl (C=O) groups is 1. The lowest BCUT2D eigenvalue weighted by Crippen LogP contribution is -2.27. The first-order chi connectivity index (χ1) is 9.83. The third-order valence-electron chi connectivity index (χ3n) is 4.31. The lowest BCUT2D eigenvalue weighted by Gasteiger charge is -2.22. The van der Waals surface area contributed by atoms with Crippen molar-refractivity contribution in [3.63, 3.8) is 0 Å². The van der Waals surface area contributed by atoms with E-state index in [-0.39, 0.29) is 5.78 Å². The first-order valence-corrected chi connectivity index (χ1v) is 7.55. The van der Waals surface area contributed by atoms with Gasteiger partial charge in [-0.05, 0) is 55.1 Å². The summed E-state index contributed by atoms with van der Waals surface area (Å²) >= 11 is 0. The second-order valence-electron chi connectivity index (χ2n) is 5.72. The maximum atomic E-state index is 12.3. The van der Waals surface area contributed by atoms with Crippen LogP contribution in [0.25, 0.3) is 10.8 Å². The number of piperidine rings is 1. The van der Waals surface area contributed by atoms with Gasteiger partial charge in [0, 0.05) is 12.0 Å². The van der Waals surface area contributed by atoms with Crippen molar-refractivity contribution in [2.24, 2.45) is 5.92 Å². The zero-order chi connectivity index (χ0) is 13.8. The van der Waals surface area contributed by atoms with Crippen LogP contribution in [0, 0.1) is 5.92 Å². The Morgan fingerprint density at radius 1 is 1.05 bits per heavy atom. The van der Waals surface area contributed by atoms with Gasteiger partial charge in [-0.2, -0.15) is 0 Å². The molecule has 0 amide bonds. The molecule has 1 aliphatic rings. The molecule has 1 saturated heterocycles. The fraction of sp³-hybridized carbons (Fsp3) is 0.389. The molecule has 0 radical (unpaired) electrons. The van der Waals surface area contributed by atoms with Crippen LogP contribution >= 0.6 is 0 Å². The summed E-state index contributed by atoms with van der Waals surface area (Å²) in [5.41, 5.74) is 0.859. The highest BCUT2D eigenvalue weighted by Crippen LogP contribution is 2.21. The monoisotopic (exact) mass is 267 g/mol. The van der Waals surface area contributed by atoms with Crippen molar-refractivity contribution >= 4 is 16.6 Å². The fourth-order valence-corrected chi connectivity index (χ4v) is 3.01. The molecule has 0 aliphatic carbocycles. The summed E-state index contributed by atoms with van der Waals surface area (Å²) in [5.74, 6) is 1.01. The number of nitrogens with one attached hydrogen (secondary N) is 1. The van der Waals surface area contributed by atoms with Gasteiger partial charge in [0.15, 0.2) is 5.78 Å². The maximum absolute atomic E-state index is 12.3. The zero-order valence-electron chi connectivity index (χ0n) is 11.8. The van der Waals surface area contributed by atoms with Gasteiger partial charge in [-0.1, -0.05) is 36.4 Å². The van der Waals surface area contributed by atoms with E-state index in [0.29, 0.717) is 6.42 Å². The molecule has 0 aromatic heterocycles. The van der Waals surface area contributed by atoms with Crippen LogP contribution in [-0.4, -0.2) is 18.9 Å². The highest BCUT2D eigenvalue weighted by Gasteiger charge is 2.15. The van der Waals surface area contributed by atoms with E-state index in [1.54, 1.807) is 0 Å². The number of hydrogen-bond acceptors (Lipinski definition) is 2. The standard InChI is InChI=1S/C18H21NO/c20-18(8-5-14-9-11-19-12-10-14)17-7-6-15-3-1-2-4-16(15)13-17/h1-4,6-7,13-14,19H,5,8-12H2. The summed E-state index contributed by atoms with van der Waals surface area (Å²) in [6, 6.07) is 14.2. The van der Waals surface area contributed by atoms with Crippen LogP contribution in [-0.2, 0) is 0 Å². The first-order valence-electron chi connectivity index (χ1n) is 7.55. The molecule has 0 atom stereocenters. The van der Waals surface area contributed by atoms with Gasteiger partial charge in [-0.3, -0.25) is 4.79 Å². The minimum absolute atomic E-state index is 0.286. The van der Waals surface area contributed by atoms with Gasteiger partial charge in [-0.25, -0.2) is 0 Å². The molecule has 3 rings (SSSR count). The summed E-state index contributed by atoms with van der Waals surface area (Å²) in [7, 11) is 0. The van der Waals surface area contributed by atoms with Crippen LogP contribution in [0.5, 0.6) is 0 Å². The number of rotatable bonds is 4. The van der Waals surface area contributed by atoms with Gasteiger partial charge in [0.05, 0.1) is 0 Å². The topological polar surface area (TPSA) is 29.1 Å². The van der Waals surface area contributed by atoms with E-state index in [0.717, 1.165) is 36.4 Å². The lowest BCUT2D eigenvalue weighted by atomic mass is 9.91. The predicted octanol–water partition coefficient (Wildman–Crippen LogP) is 3.80. The van der Waals surface area contributed by atoms with Crippen LogP contribution in [0.3, 0.4) is 0 Å². The van der Waals surface area contributed by atoms with E-state index in [1.807, 2.05) is 30.3 Å². The Kier molecular flexibility index (Phi) is 4.12. The van der Waals surface area contributed by atoms with Crippen LogP contribution in [0.2, 0.25) is 0 Å². The third kappa shape index (κ3) is 3.07. The average Bonchev–Trinajstić information content (AvgIpc) is 2.53. The van der Waals surface area contributed by atoms with Crippen LogP contribution in [0.4, 0.5) is 0 Å². The number of ketones is 1. The van der Waals surface area contributed by atoms with Crippen molar-refractivity contribution in [1.29, 1.82) is 0 Å². The van der Waals surface area contributed by atoms with Crippen molar-refractivity contribution in [2.75, 3.05) is 13.1 Å². The molecule has 2 aromatic carbocycles. The van der Waals surface area contributed by atoms with E-state index in [9.17, 15) is 4.79 Å². The molecule has 0 saturated carbocycles. The van der Waals surface area contributed by atoms with Crippen LogP contribution in [0.1, 0.15) is 36.0 Å². The summed E-state index contributed by atoms with van der Waals surface area (Å²) in [4.78, 5) is 12.3. The number of hydrogen-bond donors (Lipinski definition) is 1. The minimum atomic E-state index is 0.286. The van der Waals surface area contributed by atoms with Gasteiger partial charge in [0.2, 0.25) is 0 Å². The van der Waals surface area contributed by atoms with E-state index in [2.05, 4.69) is 17.4 Å². The molecule has 2 heteroatoms. The molecular weight excluding hydrogens is 246 g/mol. The molecule has 20 heavy (non-hydrogen) atoms. The smallest absolute Gasteiger partial charge is 0.162 e. The quantitative estimate of drug-likeness (QED) is 0.854. The molecular formula is C18H21NO. The second-order valence-corrected chi connectivity index (χ2v) is 5.72. The first kappa shape index (κ1) is 13.3.